The first kappa shape index (κ1) is 19.6. The molecule has 0 spiro atoms. The van der Waals surface area contributed by atoms with Crippen molar-refractivity contribution >= 4 is 28.9 Å². The van der Waals surface area contributed by atoms with E-state index in [9.17, 15) is 9.59 Å². The lowest BCUT2D eigenvalue weighted by Gasteiger charge is -2.09. The van der Waals surface area contributed by atoms with Crippen molar-refractivity contribution in [1.82, 2.24) is 9.55 Å². The van der Waals surface area contributed by atoms with Crippen LogP contribution in [-0.4, -0.2) is 33.1 Å². The number of ether oxygens (including phenoxy) is 1. The second-order valence-corrected chi connectivity index (χ2v) is 7.13. The van der Waals surface area contributed by atoms with Crippen LogP contribution in [0.2, 0.25) is 0 Å². The van der Waals surface area contributed by atoms with Crippen molar-refractivity contribution in [3.05, 3.63) is 58.9 Å². The number of aryl methyl sites for hydroxylation is 1. The van der Waals surface area contributed by atoms with Crippen LogP contribution in [0.4, 0.5) is 5.69 Å². The molecule has 0 unspecified atom stereocenters. The predicted octanol–water partition coefficient (Wildman–Crippen LogP) is 4.05. The number of carbonyl (C=O) groups is 2. The molecule has 0 saturated carbocycles. The average Bonchev–Trinajstić information content (AvgIpc) is 3.27. The quantitative estimate of drug-likeness (QED) is 0.558. The summed E-state index contributed by atoms with van der Waals surface area (Å²) in [6.07, 6.45) is 2.26. The molecule has 0 atom stereocenters. The molecule has 1 aromatic carbocycles. The fourth-order valence-electron chi connectivity index (χ4n) is 2.86. The van der Waals surface area contributed by atoms with E-state index in [2.05, 4.69) is 10.3 Å². The number of nitrogens with zero attached hydrogens (tertiary/aromatic N) is 2. The highest BCUT2D eigenvalue weighted by molar-refractivity contribution is 7.12. The highest BCUT2D eigenvalue weighted by Gasteiger charge is 2.17. The number of amides is 1. The highest BCUT2D eigenvalue weighted by Crippen LogP contribution is 2.23. The number of aliphatic carboxylic acids is 1. The van der Waals surface area contributed by atoms with Gasteiger partial charge in [0.15, 0.2) is 5.13 Å². The zero-order chi connectivity index (χ0) is 20.1. The third-order valence-corrected chi connectivity index (χ3v) is 4.96. The SMILES string of the molecule is Cc1cc(C(=O)Nc2ccc(OCCCC(=O)O)cc2)c(C)n1-c1nccs1. The van der Waals surface area contributed by atoms with Gasteiger partial charge in [-0.1, -0.05) is 0 Å². The Balaban J connectivity index is 1.64. The molecule has 0 radical (unpaired) electrons. The molecule has 3 aromatic rings. The minimum atomic E-state index is -0.837. The van der Waals surface area contributed by atoms with E-state index >= 15 is 0 Å². The third kappa shape index (κ3) is 4.58. The Labute approximate surface area is 166 Å². The number of hydrogen-bond donors (Lipinski definition) is 2. The van der Waals surface area contributed by atoms with Gasteiger partial charge in [-0.05, 0) is 50.6 Å². The van der Waals surface area contributed by atoms with Crippen molar-refractivity contribution in [2.75, 3.05) is 11.9 Å². The van der Waals surface area contributed by atoms with Crippen molar-refractivity contribution in [2.45, 2.75) is 26.7 Å². The Hall–Kier alpha value is -3.13. The number of benzene rings is 1. The molecule has 2 N–H and O–H groups in total. The standard InChI is InChI=1S/C20H21N3O4S/c1-13-12-17(14(2)23(13)20-21-9-11-28-20)19(26)22-15-5-7-16(8-6-15)27-10-3-4-18(24)25/h5-9,11-12H,3-4,10H2,1-2H3,(H,22,26)(H,24,25). The summed E-state index contributed by atoms with van der Waals surface area (Å²) >= 11 is 1.52. The summed E-state index contributed by atoms with van der Waals surface area (Å²) in [5.74, 6) is -0.396. The van der Waals surface area contributed by atoms with Gasteiger partial charge in [0.2, 0.25) is 0 Å². The molecule has 2 heterocycles. The van der Waals surface area contributed by atoms with E-state index in [4.69, 9.17) is 9.84 Å². The number of carbonyl (C=O) groups excluding carboxylic acids is 1. The van der Waals surface area contributed by atoms with E-state index in [1.54, 1.807) is 30.5 Å². The maximum absolute atomic E-state index is 12.7. The number of hydrogen-bond acceptors (Lipinski definition) is 5. The topological polar surface area (TPSA) is 93.5 Å². The van der Waals surface area contributed by atoms with Crippen molar-refractivity contribution in [1.29, 1.82) is 0 Å². The van der Waals surface area contributed by atoms with E-state index in [-0.39, 0.29) is 12.3 Å². The van der Waals surface area contributed by atoms with Gasteiger partial charge >= 0.3 is 5.97 Å². The molecule has 8 heteroatoms. The van der Waals surface area contributed by atoms with E-state index in [1.807, 2.05) is 29.9 Å². The summed E-state index contributed by atoms with van der Waals surface area (Å²) in [7, 11) is 0. The van der Waals surface area contributed by atoms with Gasteiger partial charge < -0.3 is 15.2 Å². The Kier molecular flexibility index (Phi) is 6.10. The second-order valence-electron chi connectivity index (χ2n) is 6.26. The van der Waals surface area contributed by atoms with Crippen LogP contribution in [0.15, 0.2) is 41.9 Å². The Morgan fingerprint density at radius 3 is 2.64 bits per heavy atom. The van der Waals surface area contributed by atoms with E-state index in [0.717, 1.165) is 16.5 Å². The van der Waals surface area contributed by atoms with Crippen molar-refractivity contribution < 1.29 is 19.4 Å². The summed E-state index contributed by atoms with van der Waals surface area (Å²) < 4.78 is 7.46. The van der Waals surface area contributed by atoms with Gasteiger partial charge in [0.05, 0.1) is 12.2 Å². The Bertz CT molecular complexity index is 962. The first-order chi connectivity index (χ1) is 13.5. The van der Waals surface area contributed by atoms with Crippen LogP contribution in [0.5, 0.6) is 5.75 Å². The van der Waals surface area contributed by atoms with Gasteiger partial charge in [0.1, 0.15) is 5.75 Å². The molecule has 0 aliphatic carbocycles. The molecule has 7 nitrogen and oxygen atoms in total. The van der Waals surface area contributed by atoms with E-state index < -0.39 is 5.97 Å². The molecular weight excluding hydrogens is 378 g/mol. The van der Waals surface area contributed by atoms with Gasteiger partial charge in [-0.25, -0.2) is 4.98 Å². The van der Waals surface area contributed by atoms with Crippen molar-refractivity contribution in [2.24, 2.45) is 0 Å². The molecule has 146 valence electrons. The molecule has 0 aliphatic heterocycles. The van der Waals surface area contributed by atoms with Crippen molar-refractivity contribution in [3.8, 4) is 10.9 Å². The van der Waals surface area contributed by atoms with Gasteiger partial charge in [-0.15, -0.1) is 11.3 Å². The first-order valence-electron chi connectivity index (χ1n) is 8.80. The van der Waals surface area contributed by atoms with Crippen LogP contribution in [-0.2, 0) is 4.79 Å². The zero-order valence-electron chi connectivity index (χ0n) is 15.6. The molecule has 0 fully saturated rings. The summed E-state index contributed by atoms with van der Waals surface area (Å²) in [5, 5.41) is 14.2. The van der Waals surface area contributed by atoms with Gasteiger partial charge in [-0.3, -0.25) is 14.2 Å². The molecule has 0 saturated heterocycles. The minimum Gasteiger partial charge on any atom is -0.494 e. The summed E-state index contributed by atoms with van der Waals surface area (Å²) in [5.41, 5.74) is 3.04. The molecule has 2 aromatic heterocycles. The monoisotopic (exact) mass is 399 g/mol. The zero-order valence-corrected chi connectivity index (χ0v) is 16.5. The van der Waals surface area contributed by atoms with Crippen LogP contribution in [0.3, 0.4) is 0 Å². The number of carboxylic acids is 1. The van der Waals surface area contributed by atoms with Crippen LogP contribution < -0.4 is 10.1 Å². The van der Waals surface area contributed by atoms with Gasteiger partial charge in [0.25, 0.3) is 5.91 Å². The molecule has 28 heavy (non-hydrogen) atoms. The van der Waals surface area contributed by atoms with Gasteiger partial charge in [0, 0.05) is 35.1 Å². The molecule has 0 aliphatic rings. The summed E-state index contributed by atoms with van der Waals surface area (Å²) in [6.45, 7) is 4.18. The maximum atomic E-state index is 12.7. The number of aromatic nitrogens is 2. The van der Waals surface area contributed by atoms with Crippen molar-refractivity contribution in [3.63, 3.8) is 0 Å². The first-order valence-corrected chi connectivity index (χ1v) is 9.68. The van der Waals surface area contributed by atoms with Gasteiger partial charge in [-0.2, -0.15) is 0 Å². The molecule has 0 bridgehead atoms. The normalized spacial score (nSPS) is 10.6. The minimum absolute atomic E-state index is 0.0769. The van der Waals surface area contributed by atoms with E-state index in [1.165, 1.54) is 11.3 Å². The Morgan fingerprint density at radius 1 is 1.25 bits per heavy atom. The number of rotatable bonds is 8. The lowest BCUT2D eigenvalue weighted by Crippen LogP contribution is -2.13. The summed E-state index contributed by atoms with van der Waals surface area (Å²) in [6, 6.07) is 8.85. The molecular formula is C20H21N3O4S. The largest absolute Gasteiger partial charge is 0.494 e. The number of anilines is 1. The van der Waals surface area contributed by atoms with Crippen LogP contribution >= 0.6 is 11.3 Å². The predicted molar refractivity (Wildman–Crippen MR) is 108 cm³/mol. The number of thiazole rings is 1. The molecule has 3 rings (SSSR count). The molecule has 1 amide bonds. The number of nitrogens with one attached hydrogen (secondary N) is 1. The number of carboxylic acid groups (broad SMARTS) is 1. The van der Waals surface area contributed by atoms with Crippen LogP contribution in [0.1, 0.15) is 34.6 Å². The Morgan fingerprint density at radius 2 is 2.00 bits per heavy atom. The second kappa shape index (κ2) is 8.71. The summed E-state index contributed by atoms with van der Waals surface area (Å²) in [4.78, 5) is 27.5. The highest BCUT2D eigenvalue weighted by atomic mass is 32.1. The van der Waals surface area contributed by atoms with Crippen LogP contribution in [0.25, 0.3) is 5.13 Å². The third-order valence-electron chi connectivity index (χ3n) is 4.20. The van der Waals surface area contributed by atoms with E-state index in [0.29, 0.717) is 30.0 Å². The maximum Gasteiger partial charge on any atom is 0.303 e. The average molecular weight is 399 g/mol. The smallest absolute Gasteiger partial charge is 0.303 e. The lowest BCUT2D eigenvalue weighted by atomic mass is 10.2. The fourth-order valence-corrected chi connectivity index (χ4v) is 3.61. The van der Waals surface area contributed by atoms with Crippen LogP contribution in [0, 0.1) is 13.8 Å². The lowest BCUT2D eigenvalue weighted by molar-refractivity contribution is -0.137. The fraction of sp³-hybridized carbons (Fsp3) is 0.250.